The lowest BCUT2D eigenvalue weighted by Crippen LogP contribution is -2.52. The predicted molar refractivity (Wildman–Crippen MR) is 111 cm³/mol. The van der Waals surface area contributed by atoms with Crippen LogP contribution in [0.15, 0.2) is 4.99 Å². The first-order chi connectivity index (χ1) is 12.1. The van der Waals surface area contributed by atoms with Gasteiger partial charge in [-0.2, -0.15) is 17.5 Å². The van der Waals surface area contributed by atoms with Gasteiger partial charge in [-0.3, -0.25) is 4.99 Å². The molecule has 2 N–H and O–H groups in total. The van der Waals surface area contributed by atoms with E-state index in [2.05, 4.69) is 22.5 Å². The van der Waals surface area contributed by atoms with Crippen molar-refractivity contribution in [2.24, 2.45) is 16.8 Å². The van der Waals surface area contributed by atoms with Crippen LogP contribution in [0.1, 0.15) is 45.4 Å². The van der Waals surface area contributed by atoms with Crippen LogP contribution in [0.25, 0.3) is 0 Å². The summed E-state index contributed by atoms with van der Waals surface area (Å²) in [6.45, 7) is 2.80. The van der Waals surface area contributed by atoms with Crippen LogP contribution in [0.5, 0.6) is 0 Å². The first-order valence-corrected chi connectivity index (χ1v) is 10.6. The van der Waals surface area contributed by atoms with Crippen molar-refractivity contribution >= 4 is 40.0 Å². The molecule has 2 atom stereocenters. The Balaban J connectivity index is 0.00000364. The van der Waals surface area contributed by atoms with Crippen LogP contribution in [0.4, 0.5) is 13.2 Å². The fraction of sp³-hybridized carbons (Fsp3) is 0.938. The van der Waals surface area contributed by atoms with E-state index in [0.29, 0.717) is 34.9 Å². The van der Waals surface area contributed by atoms with E-state index in [1.807, 2.05) is 0 Å². The lowest BCUT2D eigenvalue weighted by atomic mass is 9.80. The number of piperidine rings is 1. The minimum Gasteiger partial charge on any atom is -0.356 e. The third kappa shape index (κ3) is 6.62. The maximum Gasteiger partial charge on any atom is 0.511 e. The third-order valence-electron chi connectivity index (χ3n) is 5.47. The molecule has 0 radical (unpaired) electrons. The van der Waals surface area contributed by atoms with Crippen LogP contribution in [0.3, 0.4) is 0 Å². The van der Waals surface area contributed by atoms with Crippen molar-refractivity contribution in [1.82, 2.24) is 14.9 Å². The number of sulfonamides is 1. The quantitative estimate of drug-likeness (QED) is 0.336. The second kappa shape index (κ2) is 10.5. The molecular formula is C16H30F3IN4O2S. The van der Waals surface area contributed by atoms with Crippen molar-refractivity contribution in [2.75, 3.05) is 26.7 Å². The fourth-order valence-corrected chi connectivity index (χ4v) is 4.68. The molecular weight excluding hydrogens is 496 g/mol. The maximum atomic E-state index is 12.6. The monoisotopic (exact) mass is 526 g/mol. The Bertz CT molecular complexity index is 593. The zero-order valence-corrected chi connectivity index (χ0v) is 18.9. The number of rotatable bonds is 4. The molecule has 0 amide bonds. The lowest BCUT2D eigenvalue weighted by Gasteiger charge is -2.33. The van der Waals surface area contributed by atoms with E-state index < -0.39 is 15.5 Å². The highest BCUT2D eigenvalue weighted by Crippen LogP contribution is 2.30. The van der Waals surface area contributed by atoms with Crippen molar-refractivity contribution in [3.63, 3.8) is 0 Å². The average molecular weight is 526 g/mol. The molecule has 0 aromatic rings. The SMILES string of the molecule is CN=C(NCC1CCCCC1C)NC1CCN(S(=O)(=O)C(F)(F)F)CC1.I. The zero-order valence-electron chi connectivity index (χ0n) is 15.8. The van der Waals surface area contributed by atoms with Gasteiger partial charge in [0.15, 0.2) is 5.96 Å². The van der Waals surface area contributed by atoms with E-state index in [-0.39, 0.29) is 43.1 Å². The van der Waals surface area contributed by atoms with Crippen molar-refractivity contribution in [3.05, 3.63) is 0 Å². The molecule has 0 bridgehead atoms. The number of hydrogen-bond acceptors (Lipinski definition) is 3. The Morgan fingerprint density at radius 3 is 2.26 bits per heavy atom. The fourth-order valence-electron chi connectivity index (χ4n) is 3.70. The number of nitrogens with zero attached hydrogens (tertiary/aromatic N) is 2. The summed E-state index contributed by atoms with van der Waals surface area (Å²) >= 11 is 0. The molecule has 160 valence electrons. The van der Waals surface area contributed by atoms with Gasteiger partial charge in [-0.05, 0) is 31.1 Å². The zero-order chi connectivity index (χ0) is 19.4. The molecule has 1 aliphatic heterocycles. The second-order valence-corrected chi connectivity index (χ2v) is 9.17. The van der Waals surface area contributed by atoms with Crippen molar-refractivity contribution < 1.29 is 21.6 Å². The van der Waals surface area contributed by atoms with Crippen LogP contribution < -0.4 is 10.6 Å². The minimum atomic E-state index is -5.23. The van der Waals surface area contributed by atoms with Gasteiger partial charge in [0, 0.05) is 32.7 Å². The van der Waals surface area contributed by atoms with Crippen LogP contribution in [-0.4, -0.2) is 56.9 Å². The average Bonchev–Trinajstić information content (AvgIpc) is 2.59. The Kier molecular flexibility index (Phi) is 9.59. The second-order valence-electron chi connectivity index (χ2n) is 7.24. The van der Waals surface area contributed by atoms with Crippen LogP contribution >= 0.6 is 24.0 Å². The van der Waals surface area contributed by atoms with Crippen molar-refractivity contribution in [1.29, 1.82) is 0 Å². The molecule has 1 saturated heterocycles. The van der Waals surface area contributed by atoms with Gasteiger partial charge in [-0.15, -0.1) is 24.0 Å². The van der Waals surface area contributed by atoms with Gasteiger partial charge >= 0.3 is 15.5 Å². The van der Waals surface area contributed by atoms with E-state index >= 15 is 0 Å². The molecule has 1 heterocycles. The summed E-state index contributed by atoms with van der Waals surface area (Å²) in [5, 5.41) is 6.52. The predicted octanol–water partition coefficient (Wildman–Crippen LogP) is 2.91. The van der Waals surface area contributed by atoms with Crippen molar-refractivity contribution in [3.8, 4) is 0 Å². The van der Waals surface area contributed by atoms with Crippen molar-refractivity contribution in [2.45, 2.75) is 57.0 Å². The number of halogens is 4. The molecule has 0 aromatic heterocycles. The minimum absolute atomic E-state index is 0. The first kappa shape index (κ1) is 24.7. The molecule has 11 heteroatoms. The number of guanidine groups is 1. The van der Waals surface area contributed by atoms with E-state index in [9.17, 15) is 21.6 Å². The summed E-state index contributed by atoms with van der Waals surface area (Å²) in [4.78, 5) is 4.18. The van der Waals surface area contributed by atoms with E-state index in [4.69, 9.17) is 0 Å². The highest BCUT2D eigenvalue weighted by molar-refractivity contribution is 14.0. The molecule has 6 nitrogen and oxygen atoms in total. The Morgan fingerprint density at radius 2 is 1.74 bits per heavy atom. The van der Waals surface area contributed by atoms with E-state index in [1.165, 1.54) is 25.7 Å². The molecule has 1 aliphatic carbocycles. The largest absolute Gasteiger partial charge is 0.511 e. The number of alkyl halides is 3. The summed E-state index contributed by atoms with van der Waals surface area (Å²) in [5.74, 6) is 1.89. The molecule has 2 unspecified atom stereocenters. The molecule has 2 fully saturated rings. The van der Waals surface area contributed by atoms with Gasteiger partial charge in [-0.25, -0.2) is 8.42 Å². The topological polar surface area (TPSA) is 73.8 Å². The first-order valence-electron chi connectivity index (χ1n) is 9.18. The van der Waals surface area contributed by atoms with Gasteiger partial charge in [-0.1, -0.05) is 26.2 Å². The van der Waals surface area contributed by atoms with Gasteiger partial charge in [0.1, 0.15) is 0 Å². The number of nitrogens with one attached hydrogen (secondary N) is 2. The van der Waals surface area contributed by atoms with E-state index in [1.54, 1.807) is 7.05 Å². The van der Waals surface area contributed by atoms with Gasteiger partial charge in [0.2, 0.25) is 0 Å². The highest BCUT2D eigenvalue weighted by Gasteiger charge is 2.50. The normalized spacial score (nSPS) is 26.3. The Morgan fingerprint density at radius 1 is 1.15 bits per heavy atom. The Labute approximate surface area is 176 Å². The maximum absolute atomic E-state index is 12.6. The third-order valence-corrected chi connectivity index (χ3v) is 7.10. The van der Waals surface area contributed by atoms with Gasteiger partial charge < -0.3 is 10.6 Å². The summed E-state index contributed by atoms with van der Waals surface area (Å²) < 4.78 is 61.3. The number of aliphatic imine (C=N–C) groups is 1. The molecule has 2 rings (SSSR count). The highest BCUT2D eigenvalue weighted by atomic mass is 127. The standard InChI is InChI=1S/C16H29F3N4O2S.HI/c1-12-5-3-4-6-13(12)11-21-15(20-2)22-14-7-9-23(10-8-14)26(24,25)16(17,18)19;/h12-14H,3-11H2,1-2H3,(H2,20,21,22);1H. The van der Waals surface area contributed by atoms with Gasteiger partial charge in [0.05, 0.1) is 0 Å². The molecule has 2 aliphatic rings. The van der Waals surface area contributed by atoms with Gasteiger partial charge in [0.25, 0.3) is 0 Å². The van der Waals surface area contributed by atoms with Crippen LogP contribution in [0, 0.1) is 11.8 Å². The molecule has 1 saturated carbocycles. The smallest absolute Gasteiger partial charge is 0.356 e. The van der Waals surface area contributed by atoms with Crippen LogP contribution in [0.2, 0.25) is 0 Å². The summed E-state index contributed by atoms with van der Waals surface area (Å²) in [7, 11) is -3.57. The Hall–Kier alpha value is -0.300. The number of hydrogen-bond donors (Lipinski definition) is 2. The molecule has 0 aromatic carbocycles. The summed E-state index contributed by atoms with van der Waals surface area (Å²) in [6, 6.07) is -0.0929. The molecule has 0 spiro atoms. The molecule has 27 heavy (non-hydrogen) atoms. The van der Waals surface area contributed by atoms with Crippen LogP contribution in [-0.2, 0) is 10.0 Å². The summed E-state index contributed by atoms with van der Waals surface area (Å²) in [5.41, 5.74) is -5.23. The van der Waals surface area contributed by atoms with E-state index in [0.717, 1.165) is 6.54 Å². The lowest BCUT2D eigenvalue weighted by molar-refractivity contribution is -0.0494. The summed E-state index contributed by atoms with van der Waals surface area (Å²) in [6.07, 6.45) is 5.59.